The number of rotatable bonds is 17. The van der Waals surface area contributed by atoms with Crippen molar-refractivity contribution < 1.29 is 39.4 Å². The van der Waals surface area contributed by atoms with Crippen LogP contribution in [0.3, 0.4) is 0 Å². The number of Topliss-reactive ketones (excluding diaryl/α,β-unsaturated/α-hetero) is 1. The molecule has 6 atom stereocenters. The summed E-state index contributed by atoms with van der Waals surface area (Å²) in [5.74, 6) is 0.175. The quantitative estimate of drug-likeness (QED) is 0.122. The number of ether oxygens (including phenoxy) is 3. The topological polar surface area (TPSA) is 139 Å². The molecule has 0 spiro atoms. The molecular weight excluding hydrogens is 646 g/mol. The van der Waals surface area contributed by atoms with Crippen LogP contribution in [0.5, 0.6) is 5.75 Å². The number of hydrogen-bond acceptors (Lipinski definition) is 9. The van der Waals surface area contributed by atoms with Crippen LogP contribution in [0, 0.1) is 5.92 Å². The minimum atomic E-state index is -1.41. The largest absolute Gasteiger partial charge is 0.490 e. The fourth-order valence-electron chi connectivity index (χ4n) is 6.84. The van der Waals surface area contributed by atoms with Crippen LogP contribution in [-0.4, -0.2) is 68.5 Å². The summed E-state index contributed by atoms with van der Waals surface area (Å²) in [4.78, 5) is 17.1. The van der Waals surface area contributed by atoms with Gasteiger partial charge in [0, 0.05) is 47.3 Å². The van der Waals surface area contributed by atoms with Crippen molar-refractivity contribution in [3.8, 4) is 16.9 Å². The predicted octanol–water partition coefficient (Wildman–Crippen LogP) is 6.21. The number of unbranched alkanes of at least 4 members (excludes halogenated alkanes) is 2. The average Bonchev–Trinajstić information content (AvgIpc) is 4.05. The van der Waals surface area contributed by atoms with Crippen LogP contribution in [-0.2, 0) is 26.5 Å². The third-order valence-corrected chi connectivity index (χ3v) is 10.6. The number of para-hydroxylation sites is 1. The van der Waals surface area contributed by atoms with Gasteiger partial charge in [-0.05, 0) is 79.3 Å². The van der Waals surface area contributed by atoms with E-state index in [2.05, 4.69) is 36.2 Å². The summed E-state index contributed by atoms with van der Waals surface area (Å²) in [5, 5.41) is 40.5. The monoisotopic (exact) mass is 693 g/mol. The molecule has 1 saturated heterocycles. The Kier molecular flexibility index (Phi) is 11.7. The van der Waals surface area contributed by atoms with Gasteiger partial charge in [0.2, 0.25) is 0 Å². The molecule has 2 saturated carbocycles. The average molecular weight is 694 g/mol. The lowest BCUT2D eigenvalue weighted by molar-refractivity contribution is -0.269. The minimum absolute atomic E-state index is 0.0882. The van der Waals surface area contributed by atoms with Crippen LogP contribution in [0.2, 0.25) is 5.02 Å². The summed E-state index contributed by atoms with van der Waals surface area (Å²) >= 11 is 6.68. The van der Waals surface area contributed by atoms with Gasteiger partial charge in [-0.25, -0.2) is 0 Å². The Morgan fingerprint density at radius 2 is 1.84 bits per heavy atom. The van der Waals surface area contributed by atoms with E-state index in [1.807, 2.05) is 36.7 Å². The van der Waals surface area contributed by atoms with E-state index in [4.69, 9.17) is 25.8 Å². The molecule has 1 aromatic heterocycles. The standard InChI is InChI=1S/C39H48ClNO8/c1-24(7-3-2-4-8-27(43)20-31-36(44)37(45)35(22-42)49-38(31)46)25-11-14-33(40)26(19-25)23-47-39(16-17-39)32-21-41-18-15-29(32)30-9-5-6-10-34(30)48-28-12-13-28/h5-6,9-11,14-15,18-19,21,24,28,31,35-38,42,44-46H,2-4,7-8,12-13,16-17,20,22-23H2,1H3/t24-,31-,35-,36-,37-,38-/m1/s1. The van der Waals surface area contributed by atoms with Gasteiger partial charge in [0.05, 0.1) is 31.0 Å². The summed E-state index contributed by atoms with van der Waals surface area (Å²) in [5.41, 5.74) is 4.96. The second kappa shape index (κ2) is 16.0. The number of carbonyl (C=O) groups is 1. The molecule has 2 heterocycles. The summed E-state index contributed by atoms with van der Waals surface area (Å²) < 4.78 is 18.1. The molecule has 0 unspecified atom stereocenters. The summed E-state index contributed by atoms with van der Waals surface area (Å²) in [6, 6.07) is 16.4. The molecule has 10 heteroatoms. The molecule has 9 nitrogen and oxygen atoms in total. The molecule has 3 aromatic rings. The first-order chi connectivity index (χ1) is 23.7. The van der Waals surface area contributed by atoms with Crippen molar-refractivity contribution in [2.24, 2.45) is 5.92 Å². The molecule has 4 N–H and O–H groups in total. The van der Waals surface area contributed by atoms with Crippen molar-refractivity contribution in [3.05, 3.63) is 82.6 Å². The fraction of sp³-hybridized carbons (Fsp3) is 0.538. The third kappa shape index (κ3) is 8.71. The summed E-state index contributed by atoms with van der Waals surface area (Å²) in [7, 11) is 0. The van der Waals surface area contributed by atoms with E-state index in [1.165, 1.54) is 5.56 Å². The van der Waals surface area contributed by atoms with Crippen molar-refractivity contribution >= 4 is 17.4 Å². The lowest BCUT2D eigenvalue weighted by Crippen LogP contribution is -2.56. The SMILES string of the molecule is C[C@H](CCCCCC(=O)C[C@@H]1[C@@H](O)[C@H](O)[C@@H](CO)O[C@H]1O)c1ccc(Cl)c(COC2(c3cnccc3-c3ccccc3OC3CC3)CC2)c1. The molecule has 2 aromatic carbocycles. The van der Waals surface area contributed by atoms with Crippen LogP contribution in [0.25, 0.3) is 11.1 Å². The van der Waals surface area contributed by atoms with Crippen molar-refractivity contribution in [2.45, 2.75) is 120 Å². The van der Waals surface area contributed by atoms with Crippen LogP contribution in [0.1, 0.15) is 93.7 Å². The molecule has 6 rings (SSSR count). The number of hydrogen-bond donors (Lipinski definition) is 4. The molecule has 49 heavy (non-hydrogen) atoms. The van der Waals surface area contributed by atoms with E-state index in [9.17, 15) is 25.2 Å². The smallest absolute Gasteiger partial charge is 0.160 e. The lowest BCUT2D eigenvalue weighted by Gasteiger charge is -2.39. The van der Waals surface area contributed by atoms with E-state index in [1.54, 1.807) is 0 Å². The van der Waals surface area contributed by atoms with Crippen LogP contribution < -0.4 is 4.74 Å². The number of benzene rings is 2. The highest BCUT2D eigenvalue weighted by atomic mass is 35.5. The summed E-state index contributed by atoms with van der Waals surface area (Å²) in [6.45, 7) is 2.06. The van der Waals surface area contributed by atoms with E-state index in [0.717, 1.165) is 72.9 Å². The van der Waals surface area contributed by atoms with Gasteiger partial charge < -0.3 is 34.6 Å². The Balaban J connectivity index is 0.996. The van der Waals surface area contributed by atoms with E-state index in [0.29, 0.717) is 36.5 Å². The Morgan fingerprint density at radius 1 is 1.04 bits per heavy atom. The number of nitrogens with zero attached hydrogens (tertiary/aromatic N) is 1. The molecule has 264 valence electrons. The second-order valence-electron chi connectivity index (χ2n) is 14.0. The van der Waals surface area contributed by atoms with Crippen LogP contribution in [0.4, 0.5) is 0 Å². The number of halogens is 1. The van der Waals surface area contributed by atoms with Gasteiger partial charge >= 0.3 is 0 Å². The van der Waals surface area contributed by atoms with Gasteiger partial charge in [0.1, 0.15) is 23.7 Å². The van der Waals surface area contributed by atoms with E-state index < -0.39 is 42.7 Å². The lowest BCUT2D eigenvalue weighted by atomic mass is 9.86. The predicted molar refractivity (Wildman–Crippen MR) is 185 cm³/mol. The number of pyridine rings is 1. The molecule has 0 bridgehead atoms. The van der Waals surface area contributed by atoms with Crippen molar-refractivity contribution in [3.63, 3.8) is 0 Å². The minimum Gasteiger partial charge on any atom is -0.490 e. The van der Waals surface area contributed by atoms with E-state index >= 15 is 0 Å². The maximum atomic E-state index is 12.6. The second-order valence-corrected chi connectivity index (χ2v) is 14.4. The Hall–Kier alpha value is -2.89. The Bertz CT molecular complexity index is 1580. The summed E-state index contributed by atoms with van der Waals surface area (Å²) in [6.07, 6.45) is 6.60. The van der Waals surface area contributed by atoms with Gasteiger partial charge in [-0.15, -0.1) is 0 Å². The maximum Gasteiger partial charge on any atom is 0.160 e. The highest BCUT2D eigenvalue weighted by Gasteiger charge is 2.48. The molecule has 1 aliphatic heterocycles. The first-order valence-electron chi connectivity index (χ1n) is 17.6. The number of aliphatic hydroxyl groups excluding tert-OH is 4. The number of carbonyl (C=O) groups excluding carboxylic acids is 1. The molecule has 3 fully saturated rings. The van der Waals surface area contributed by atoms with Crippen molar-refractivity contribution in [2.75, 3.05) is 6.61 Å². The first-order valence-corrected chi connectivity index (χ1v) is 18.0. The van der Waals surface area contributed by atoms with Crippen molar-refractivity contribution in [1.29, 1.82) is 0 Å². The van der Waals surface area contributed by atoms with Gasteiger partial charge in [-0.1, -0.05) is 61.7 Å². The van der Waals surface area contributed by atoms with E-state index in [-0.39, 0.29) is 12.2 Å². The first kappa shape index (κ1) is 35.9. The maximum absolute atomic E-state index is 12.6. The van der Waals surface area contributed by atoms with Gasteiger partial charge in [-0.3, -0.25) is 9.78 Å². The van der Waals surface area contributed by atoms with Gasteiger partial charge in [-0.2, -0.15) is 0 Å². The molecule has 0 amide bonds. The van der Waals surface area contributed by atoms with Gasteiger partial charge in [0.15, 0.2) is 6.29 Å². The van der Waals surface area contributed by atoms with Crippen LogP contribution >= 0.6 is 11.6 Å². The zero-order valence-corrected chi connectivity index (χ0v) is 28.8. The number of aliphatic hydroxyl groups is 4. The highest BCUT2D eigenvalue weighted by Crippen LogP contribution is 2.53. The molecule has 2 aliphatic carbocycles. The van der Waals surface area contributed by atoms with Crippen LogP contribution in [0.15, 0.2) is 60.9 Å². The number of ketones is 1. The Morgan fingerprint density at radius 3 is 2.59 bits per heavy atom. The Labute approximate surface area is 293 Å². The third-order valence-electron chi connectivity index (χ3n) is 10.2. The van der Waals surface area contributed by atoms with Gasteiger partial charge in [0.25, 0.3) is 0 Å². The fourth-order valence-corrected chi connectivity index (χ4v) is 7.01. The van der Waals surface area contributed by atoms with Crippen molar-refractivity contribution in [1.82, 2.24) is 4.98 Å². The zero-order valence-electron chi connectivity index (χ0n) is 28.0. The highest BCUT2D eigenvalue weighted by molar-refractivity contribution is 6.31. The molecular formula is C39H48ClNO8. The number of aromatic nitrogens is 1. The normalized spacial score (nSPS) is 25.1. The zero-order chi connectivity index (χ0) is 34.5. The molecule has 0 radical (unpaired) electrons. The molecule has 3 aliphatic rings.